The van der Waals surface area contributed by atoms with Gasteiger partial charge in [-0.15, -0.1) is 0 Å². The van der Waals surface area contributed by atoms with E-state index in [1.54, 1.807) is 36.5 Å². The monoisotopic (exact) mass is 249 g/mol. The summed E-state index contributed by atoms with van der Waals surface area (Å²) in [6, 6.07) is 11.4. The van der Waals surface area contributed by atoms with Crippen molar-refractivity contribution >= 4 is 10.8 Å². The first-order chi connectivity index (χ1) is 8.18. The predicted octanol–water partition coefficient (Wildman–Crippen LogP) is 3.09. The summed E-state index contributed by atoms with van der Waals surface area (Å²) in [7, 11) is -1.22. The van der Waals surface area contributed by atoms with Crippen molar-refractivity contribution in [1.82, 2.24) is 4.98 Å². The van der Waals surface area contributed by atoms with Gasteiger partial charge in [0, 0.05) is 6.20 Å². The van der Waals surface area contributed by atoms with Crippen molar-refractivity contribution < 1.29 is 8.60 Å². The van der Waals surface area contributed by atoms with E-state index in [0.717, 1.165) is 5.56 Å². The predicted molar refractivity (Wildman–Crippen MR) is 65.5 cm³/mol. The van der Waals surface area contributed by atoms with E-state index in [9.17, 15) is 8.60 Å². The Kier molecular flexibility index (Phi) is 3.64. The van der Waals surface area contributed by atoms with Crippen molar-refractivity contribution in [3.63, 3.8) is 0 Å². The first-order valence-corrected chi connectivity index (χ1v) is 6.47. The molecule has 2 atom stereocenters. The first-order valence-electron chi connectivity index (χ1n) is 5.25. The van der Waals surface area contributed by atoms with Crippen LogP contribution in [-0.4, -0.2) is 9.19 Å². The molecule has 1 heterocycles. The molecule has 0 saturated heterocycles. The molecule has 88 valence electrons. The van der Waals surface area contributed by atoms with Gasteiger partial charge in [0.25, 0.3) is 0 Å². The summed E-state index contributed by atoms with van der Waals surface area (Å²) in [6.45, 7) is 1.85. The number of hydrogen-bond acceptors (Lipinski definition) is 2. The van der Waals surface area contributed by atoms with Crippen molar-refractivity contribution in [2.45, 2.75) is 17.2 Å². The molecule has 1 aromatic carbocycles. The molecule has 2 rings (SSSR count). The Bertz CT molecular complexity index is 513. The van der Waals surface area contributed by atoms with Crippen LogP contribution in [0.1, 0.15) is 17.7 Å². The minimum Gasteiger partial charge on any atom is -0.252 e. The number of aromatic nitrogens is 1. The van der Waals surface area contributed by atoms with Gasteiger partial charge in [0.2, 0.25) is 0 Å². The Morgan fingerprint density at radius 3 is 2.47 bits per heavy atom. The maximum absolute atomic E-state index is 12.8. The summed E-state index contributed by atoms with van der Waals surface area (Å²) >= 11 is 0. The zero-order valence-corrected chi connectivity index (χ0v) is 10.2. The van der Waals surface area contributed by atoms with Crippen molar-refractivity contribution in [3.05, 3.63) is 60.0 Å². The second-order valence-corrected chi connectivity index (χ2v) is 5.38. The summed E-state index contributed by atoms with van der Waals surface area (Å²) in [4.78, 5) is 4.07. The van der Waals surface area contributed by atoms with Gasteiger partial charge in [-0.05, 0) is 36.8 Å². The summed E-state index contributed by atoms with van der Waals surface area (Å²) < 4.78 is 25.0. The van der Waals surface area contributed by atoms with Gasteiger partial charge in [-0.3, -0.25) is 4.21 Å². The van der Waals surface area contributed by atoms with Gasteiger partial charge >= 0.3 is 0 Å². The number of nitrogens with zero attached hydrogens (tertiary/aromatic N) is 1. The molecule has 0 N–H and O–H groups in total. The highest BCUT2D eigenvalue weighted by molar-refractivity contribution is 7.85. The van der Waals surface area contributed by atoms with Crippen LogP contribution in [0.4, 0.5) is 4.39 Å². The molecular formula is C13H12FNOS. The van der Waals surface area contributed by atoms with Gasteiger partial charge in [0.1, 0.15) is 10.8 Å². The number of rotatable bonds is 3. The molecule has 17 heavy (non-hydrogen) atoms. The van der Waals surface area contributed by atoms with E-state index in [0.29, 0.717) is 5.03 Å². The van der Waals surface area contributed by atoms with E-state index in [4.69, 9.17) is 0 Å². The van der Waals surface area contributed by atoms with E-state index in [1.165, 1.54) is 12.1 Å². The molecule has 0 amide bonds. The number of benzene rings is 1. The summed E-state index contributed by atoms with van der Waals surface area (Å²) in [5.41, 5.74) is 0.843. The maximum atomic E-state index is 12.8. The SMILES string of the molecule is CC(c1ccc(F)cc1)S(=O)c1ccccn1. The number of hydrogen-bond donors (Lipinski definition) is 0. The lowest BCUT2D eigenvalue weighted by atomic mass is 10.2. The summed E-state index contributed by atoms with van der Waals surface area (Å²) in [6.07, 6.45) is 1.62. The quantitative estimate of drug-likeness (QED) is 0.836. The lowest BCUT2D eigenvalue weighted by molar-refractivity contribution is 0.626. The average Bonchev–Trinajstić information content (AvgIpc) is 2.39. The molecule has 0 radical (unpaired) electrons. The van der Waals surface area contributed by atoms with E-state index in [2.05, 4.69) is 4.98 Å². The van der Waals surface area contributed by atoms with Gasteiger partial charge in [-0.1, -0.05) is 18.2 Å². The second kappa shape index (κ2) is 5.19. The number of pyridine rings is 1. The van der Waals surface area contributed by atoms with Gasteiger partial charge in [0.15, 0.2) is 0 Å². The fraction of sp³-hybridized carbons (Fsp3) is 0.154. The van der Waals surface area contributed by atoms with Crippen LogP contribution >= 0.6 is 0 Å². The Hall–Kier alpha value is -1.55. The molecule has 0 aliphatic carbocycles. The van der Waals surface area contributed by atoms with Crippen LogP contribution in [0.5, 0.6) is 0 Å². The Balaban J connectivity index is 2.23. The largest absolute Gasteiger partial charge is 0.252 e. The fourth-order valence-corrected chi connectivity index (χ4v) is 2.65. The minimum absolute atomic E-state index is 0.203. The summed E-state index contributed by atoms with van der Waals surface area (Å²) in [5.74, 6) is -0.287. The Labute approximate surface area is 102 Å². The van der Waals surface area contributed by atoms with Gasteiger partial charge in [0.05, 0.1) is 16.0 Å². The zero-order valence-electron chi connectivity index (χ0n) is 9.34. The third-order valence-electron chi connectivity index (χ3n) is 2.50. The van der Waals surface area contributed by atoms with Crippen LogP contribution in [0.2, 0.25) is 0 Å². The molecule has 0 aliphatic rings. The van der Waals surface area contributed by atoms with E-state index in [1.807, 2.05) is 6.92 Å². The minimum atomic E-state index is -1.22. The molecule has 2 aromatic rings. The lowest BCUT2D eigenvalue weighted by Gasteiger charge is -2.10. The highest BCUT2D eigenvalue weighted by Crippen LogP contribution is 2.23. The van der Waals surface area contributed by atoms with Crippen molar-refractivity contribution in [2.75, 3.05) is 0 Å². The van der Waals surface area contributed by atoms with Crippen molar-refractivity contribution in [2.24, 2.45) is 0 Å². The average molecular weight is 249 g/mol. The highest BCUT2D eigenvalue weighted by Gasteiger charge is 2.16. The molecule has 0 saturated carbocycles. The van der Waals surface area contributed by atoms with Gasteiger partial charge in [-0.25, -0.2) is 9.37 Å². The van der Waals surface area contributed by atoms with Crippen molar-refractivity contribution in [3.8, 4) is 0 Å². The lowest BCUT2D eigenvalue weighted by Crippen LogP contribution is -2.04. The number of halogens is 1. The van der Waals surface area contributed by atoms with Gasteiger partial charge in [-0.2, -0.15) is 0 Å². The molecule has 1 aromatic heterocycles. The van der Waals surface area contributed by atoms with Crippen molar-refractivity contribution in [1.29, 1.82) is 0 Å². The molecule has 0 fully saturated rings. The zero-order chi connectivity index (χ0) is 12.3. The van der Waals surface area contributed by atoms with Gasteiger partial charge < -0.3 is 0 Å². The first kappa shape index (κ1) is 11.9. The van der Waals surface area contributed by atoms with E-state index in [-0.39, 0.29) is 11.1 Å². The molecule has 0 aliphatic heterocycles. The molecule has 2 nitrogen and oxygen atoms in total. The third kappa shape index (κ3) is 2.77. The Morgan fingerprint density at radius 2 is 1.88 bits per heavy atom. The van der Waals surface area contributed by atoms with E-state index < -0.39 is 10.8 Å². The molecular weight excluding hydrogens is 237 g/mol. The standard InChI is InChI=1S/C13H12FNOS/c1-10(11-5-7-12(14)8-6-11)17(16)13-4-2-3-9-15-13/h2-10H,1H3. The second-order valence-electron chi connectivity index (χ2n) is 3.66. The molecule has 0 bridgehead atoms. The Morgan fingerprint density at radius 1 is 1.18 bits per heavy atom. The topological polar surface area (TPSA) is 30.0 Å². The molecule has 4 heteroatoms. The maximum Gasteiger partial charge on any atom is 0.127 e. The molecule has 2 unspecified atom stereocenters. The van der Waals surface area contributed by atoms with Crippen LogP contribution < -0.4 is 0 Å². The van der Waals surface area contributed by atoms with Crippen LogP contribution in [0.15, 0.2) is 53.7 Å². The normalized spacial score (nSPS) is 14.2. The van der Waals surface area contributed by atoms with E-state index >= 15 is 0 Å². The fourth-order valence-electron chi connectivity index (χ4n) is 1.50. The highest BCUT2D eigenvalue weighted by atomic mass is 32.2. The van der Waals surface area contributed by atoms with Crippen LogP contribution in [-0.2, 0) is 10.8 Å². The summed E-state index contributed by atoms with van der Waals surface area (Å²) in [5, 5.41) is 0.342. The third-order valence-corrected chi connectivity index (χ3v) is 4.07. The smallest absolute Gasteiger partial charge is 0.127 e. The molecule has 0 spiro atoms. The van der Waals surface area contributed by atoms with Crippen LogP contribution in [0.3, 0.4) is 0 Å². The van der Waals surface area contributed by atoms with Crippen LogP contribution in [0.25, 0.3) is 0 Å². The van der Waals surface area contributed by atoms with Crippen LogP contribution in [0, 0.1) is 5.82 Å².